The van der Waals surface area contributed by atoms with Crippen molar-refractivity contribution in [1.29, 1.82) is 0 Å². The van der Waals surface area contributed by atoms with Crippen LogP contribution in [-0.4, -0.2) is 23.7 Å². The second kappa shape index (κ2) is 4.63. The normalized spacial score (nSPS) is 12.5. The van der Waals surface area contributed by atoms with E-state index in [0.29, 0.717) is 22.1 Å². The monoisotopic (exact) mass is 256 g/mol. The number of carbonyl (C=O) groups excluding carboxylic acids is 1. The molecular weight excluding hydrogens is 248 g/mol. The van der Waals surface area contributed by atoms with Crippen molar-refractivity contribution in [2.75, 3.05) is 6.79 Å². The minimum Gasteiger partial charge on any atom is -0.481 e. The molecule has 0 fully saturated rings. The minimum absolute atomic E-state index is 0.0642. The molecule has 0 unspecified atom stereocenters. The summed E-state index contributed by atoms with van der Waals surface area (Å²) in [5, 5.41) is 8.79. The summed E-state index contributed by atoms with van der Waals surface area (Å²) in [7, 11) is 0. The Morgan fingerprint density at radius 3 is 2.76 bits per heavy atom. The first-order valence-corrected chi connectivity index (χ1v) is 5.30. The summed E-state index contributed by atoms with van der Waals surface area (Å²) in [4.78, 5) is 22.0. The van der Waals surface area contributed by atoms with Gasteiger partial charge in [-0.2, -0.15) is 0 Å². The lowest BCUT2D eigenvalue weighted by atomic mass is 10.1. The molecule has 1 aromatic carbocycles. The summed E-state index contributed by atoms with van der Waals surface area (Å²) in [6.45, 7) is 0.0713. The molecule has 0 bridgehead atoms. The number of benzene rings is 1. The molecule has 1 N–H and O–H groups in total. The standard InChI is InChI=1S/C11H9ClO5/c12-7-3-6(8(13)1-2-10(14)15)4-9-11(7)17-5-16-9/h3-4H,1-2,5H2,(H,14,15). The number of aliphatic carboxylic acids is 1. The number of fused-ring (bicyclic) bond motifs is 1. The number of hydrogen-bond acceptors (Lipinski definition) is 4. The molecule has 1 heterocycles. The first kappa shape index (κ1) is 11.7. The van der Waals surface area contributed by atoms with Gasteiger partial charge in [0.2, 0.25) is 6.79 Å². The molecule has 0 aliphatic carbocycles. The summed E-state index contributed by atoms with van der Waals surface area (Å²) >= 11 is 5.91. The first-order chi connectivity index (χ1) is 8.08. The van der Waals surface area contributed by atoms with Crippen molar-refractivity contribution in [3.05, 3.63) is 22.7 Å². The number of carboxylic acids is 1. The minimum atomic E-state index is -1.01. The van der Waals surface area contributed by atoms with Crippen LogP contribution in [0.15, 0.2) is 12.1 Å². The zero-order chi connectivity index (χ0) is 12.4. The van der Waals surface area contributed by atoms with E-state index in [1.54, 1.807) is 0 Å². The predicted molar refractivity (Wildman–Crippen MR) is 58.8 cm³/mol. The Bertz CT molecular complexity index is 483. The third-order valence-corrected chi connectivity index (χ3v) is 2.60. The van der Waals surface area contributed by atoms with Gasteiger partial charge in [-0.3, -0.25) is 9.59 Å². The second-order valence-electron chi connectivity index (χ2n) is 3.51. The smallest absolute Gasteiger partial charge is 0.303 e. The largest absolute Gasteiger partial charge is 0.481 e. The van der Waals surface area contributed by atoms with Crippen molar-refractivity contribution in [2.24, 2.45) is 0 Å². The molecule has 2 rings (SSSR count). The highest BCUT2D eigenvalue weighted by atomic mass is 35.5. The lowest BCUT2D eigenvalue weighted by molar-refractivity contribution is -0.136. The van der Waals surface area contributed by atoms with Crippen molar-refractivity contribution in [3.8, 4) is 11.5 Å². The fourth-order valence-corrected chi connectivity index (χ4v) is 1.76. The Labute approximate surface area is 102 Å². The summed E-state index contributed by atoms with van der Waals surface area (Å²) in [5.74, 6) is -0.463. The highest BCUT2D eigenvalue weighted by Gasteiger charge is 2.20. The van der Waals surface area contributed by atoms with Gasteiger partial charge in [0, 0.05) is 12.0 Å². The average molecular weight is 257 g/mol. The Morgan fingerprint density at radius 1 is 1.29 bits per heavy atom. The van der Waals surface area contributed by atoms with Crippen molar-refractivity contribution >= 4 is 23.4 Å². The third kappa shape index (κ3) is 2.50. The number of Topliss-reactive ketones (excluding diaryl/α,β-unsaturated/α-hetero) is 1. The lowest BCUT2D eigenvalue weighted by Crippen LogP contribution is -2.03. The number of carbonyl (C=O) groups is 2. The maximum Gasteiger partial charge on any atom is 0.303 e. The topological polar surface area (TPSA) is 72.8 Å². The molecule has 6 heteroatoms. The van der Waals surface area contributed by atoms with Crippen molar-refractivity contribution < 1.29 is 24.2 Å². The van der Waals surface area contributed by atoms with Crippen LogP contribution in [0, 0.1) is 0 Å². The van der Waals surface area contributed by atoms with E-state index >= 15 is 0 Å². The van der Waals surface area contributed by atoms with Crippen LogP contribution in [-0.2, 0) is 4.79 Å². The van der Waals surface area contributed by atoms with Crippen molar-refractivity contribution in [1.82, 2.24) is 0 Å². The number of halogens is 1. The van der Waals surface area contributed by atoms with Crippen LogP contribution in [0.1, 0.15) is 23.2 Å². The van der Waals surface area contributed by atoms with E-state index in [1.165, 1.54) is 12.1 Å². The number of ether oxygens (including phenoxy) is 2. The van der Waals surface area contributed by atoms with Crippen molar-refractivity contribution in [3.63, 3.8) is 0 Å². The summed E-state index contributed by atoms with van der Waals surface area (Å²) in [6, 6.07) is 2.97. The maximum atomic E-state index is 11.7. The highest BCUT2D eigenvalue weighted by molar-refractivity contribution is 6.32. The molecule has 17 heavy (non-hydrogen) atoms. The highest BCUT2D eigenvalue weighted by Crippen LogP contribution is 2.40. The van der Waals surface area contributed by atoms with Gasteiger partial charge in [0.1, 0.15) is 0 Å². The van der Waals surface area contributed by atoms with Gasteiger partial charge in [-0.25, -0.2) is 0 Å². The van der Waals surface area contributed by atoms with Crippen LogP contribution in [0.3, 0.4) is 0 Å². The summed E-state index contributed by atoms with van der Waals surface area (Å²) in [5.41, 5.74) is 0.334. The van der Waals surface area contributed by atoms with Crippen LogP contribution in [0.25, 0.3) is 0 Å². The summed E-state index contributed by atoms with van der Waals surface area (Å²) in [6.07, 6.45) is -0.268. The van der Waals surface area contributed by atoms with Gasteiger partial charge in [-0.1, -0.05) is 11.6 Å². The molecule has 0 saturated carbocycles. The molecule has 0 radical (unpaired) electrons. The molecule has 90 valence electrons. The Morgan fingerprint density at radius 2 is 2.06 bits per heavy atom. The van der Waals surface area contributed by atoms with E-state index in [9.17, 15) is 9.59 Å². The zero-order valence-corrected chi connectivity index (χ0v) is 9.49. The van der Waals surface area contributed by atoms with Gasteiger partial charge in [-0.15, -0.1) is 0 Å². The zero-order valence-electron chi connectivity index (χ0n) is 8.73. The maximum absolute atomic E-state index is 11.7. The Hall–Kier alpha value is -1.75. The molecule has 0 spiro atoms. The van der Waals surface area contributed by atoms with Crippen LogP contribution in [0.2, 0.25) is 5.02 Å². The fraction of sp³-hybridized carbons (Fsp3) is 0.273. The molecule has 0 saturated heterocycles. The summed E-state index contributed by atoms with van der Waals surface area (Å²) < 4.78 is 10.2. The van der Waals surface area contributed by atoms with Crippen LogP contribution in [0.4, 0.5) is 0 Å². The van der Waals surface area contributed by atoms with E-state index < -0.39 is 5.97 Å². The van der Waals surface area contributed by atoms with Gasteiger partial charge in [0.15, 0.2) is 17.3 Å². The van der Waals surface area contributed by atoms with Crippen molar-refractivity contribution in [2.45, 2.75) is 12.8 Å². The number of carboxylic acid groups (broad SMARTS) is 1. The predicted octanol–water partition coefficient (Wildman–Crippen LogP) is 2.12. The van der Waals surface area contributed by atoms with Gasteiger partial charge in [0.25, 0.3) is 0 Å². The number of hydrogen-bond donors (Lipinski definition) is 1. The molecule has 0 atom stereocenters. The number of ketones is 1. The van der Waals surface area contributed by atoms with E-state index in [4.69, 9.17) is 26.2 Å². The molecule has 0 aromatic heterocycles. The molecule has 1 aliphatic heterocycles. The van der Waals surface area contributed by atoms with Gasteiger partial charge in [-0.05, 0) is 12.1 Å². The molecule has 1 aliphatic rings. The quantitative estimate of drug-likeness (QED) is 0.836. The van der Waals surface area contributed by atoms with Gasteiger partial charge in [0.05, 0.1) is 11.4 Å². The lowest BCUT2D eigenvalue weighted by Gasteiger charge is -2.03. The van der Waals surface area contributed by atoms with Gasteiger partial charge < -0.3 is 14.6 Å². The van der Waals surface area contributed by atoms with Gasteiger partial charge >= 0.3 is 5.97 Å². The molecule has 5 nitrogen and oxygen atoms in total. The molecule has 0 amide bonds. The van der Waals surface area contributed by atoms with Crippen LogP contribution < -0.4 is 9.47 Å². The SMILES string of the molecule is O=C(O)CCC(=O)c1cc(Cl)c2c(c1)OCO2. The molecular formula is C11H9ClO5. The van der Waals surface area contributed by atoms with Crippen LogP contribution >= 0.6 is 11.6 Å². The van der Waals surface area contributed by atoms with E-state index in [2.05, 4.69) is 0 Å². The number of rotatable bonds is 4. The van der Waals surface area contributed by atoms with E-state index in [1.807, 2.05) is 0 Å². The van der Waals surface area contributed by atoms with Crippen LogP contribution in [0.5, 0.6) is 11.5 Å². The second-order valence-corrected chi connectivity index (χ2v) is 3.92. The average Bonchev–Trinajstić information content (AvgIpc) is 2.74. The van der Waals surface area contributed by atoms with E-state index in [-0.39, 0.29) is 25.4 Å². The Balaban J connectivity index is 2.19. The fourth-order valence-electron chi connectivity index (χ4n) is 1.49. The Kier molecular flexibility index (Phi) is 3.19. The van der Waals surface area contributed by atoms with E-state index in [0.717, 1.165) is 0 Å². The third-order valence-electron chi connectivity index (χ3n) is 2.32. The molecule has 1 aromatic rings. The first-order valence-electron chi connectivity index (χ1n) is 4.92.